The minimum atomic E-state index is 0.885. The zero-order valence-electron chi connectivity index (χ0n) is 13.9. The molecule has 124 valence electrons. The summed E-state index contributed by atoms with van der Waals surface area (Å²) in [6, 6.07) is 0. The molecule has 1 aromatic heterocycles. The maximum atomic E-state index is 4.17. The molecule has 0 unspecified atom stereocenters. The summed E-state index contributed by atoms with van der Waals surface area (Å²) < 4.78 is 1.92. The van der Waals surface area contributed by atoms with E-state index in [0.717, 1.165) is 19.0 Å². The van der Waals surface area contributed by atoms with E-state index in [0.29, 0.717) is 0 Å². The summed E-state index contributed by atoms with van der Waals surface area (Å²) in [7, 11) is 0. The fourth-order valence-electron chi connectivity index (χ4n) is 3.74. The van der Waals surface area contributed by atoms with Crippen LogP contribution >= 0.6 is 0 Å². The first kappa shape index (κ1) is 15.9. The third-order valence-corrected chi connectivity index (χ3v) is 5.14. The molecule has 2 saturated heterocycles. The molecule has 6 heteroatoms. The van der Waals surface area contributed by atoms with Gasteiger partial charge in [-0.25, -0.2) is 4.98 Å². The maximum absolute atomic E-state index is 4.17. The van der Waals surface area contributed by atoms with Crippen molar-refractivity contribution in [2.24, 2.45) is 5.92 Å². The predicted octanol–water partition coefficient (Wildman–Crippen LogP) is 0.628. The van der Waals surface area contributed by atoms with Crippen molar-refractivity contribution in [2.45, 2.75) is 26.3 Å². The number of likely N-dealkylation sites (tertiary alicyclic amines) is 1. The highest BCUT2D eigenvalue weighted by Gasteiger charge is 2.23. The quantitative estimate of drug-likeness (QED) is 0.771. The molecule has 0 amide bonds. The summed E-state index contributed by atoms with van der Waals surface area (Å²) in [5.41, 5.74) is 0. The molecule has 0 saturated carbocycles. The molecule has 3 heterocycles. The lowest BCUT2D eigenvalue weighted by atomic mass is 9.97. The second kappa shape index (κ2) is 8.04. The number of nitrogens with zero attached hydrogens (tertiary/aromatic N) is 6. The Labute approximate surface area is 134 Å². The van der Waals surface area contributed by atoms with E-state index in [2.05, 4.69) is 31.7 Å². The largest absolute Gasteiger partial charge is 0.303 e. The zero-order valence-corrected chi connectivity index (χ0v) is 13.9. The molecule has 0 N–H and O–H groups in total. The molecule has 2 aliphatic heterocycles. The van der Waals surface area contributed by atoms with Crippen molar-refractivity contribution < 1.29 is 0 Å². The number of aromatic nitrogens is 3. The molecule has 0 spiro atoms. The van der Waals surface area contributed by atoms with E-state index in [4.69, 9.17) is 0 Å². The van der Waals surface area contributed by atoms with E-state index in [-0.39, 0.29) is 0 Å². The highest BCUT2D eigenvalue weighted by molar-refractivity contribution is 4.79. The molecule has 0 aliphatic carbocycles. The van der Waals surface area contributed by atoms with Crippen LogP contribution in [0.15, 0.2) is 12.7 Å². The Kier molecular flexibility index (Phi) is 5.81. The summed E-state index contributed by atoms with van der Waals surface area (Å²) in [4.78, 5) is 11.8. The van der Waals surface area contributed by atoms with E-state index >= 15 is 0 Å². The van der Waals surface area contributed by atoms with Gasteiger partial charge in [-0.1, -0.05) is 6.92 Å². The molecule has 0 aromatic carbocycles. The summed E-state index contributed by atoms with van der Waals surface area (Å²) in [6.07, 6.45) is 6.22. The van der Waals surface area contributed by atoms with Crippen molar-refractivity contribution in [3.8, 4) is 0 Å². The number of piperazine rings is 1. The highest BCUT2D eigenvalue weighted by Crippen LogP contribution is 2.18. The minimum Gasteiger partial charge on any atom is -0.303 e. The molecule has 1 atom stereocenters. The monoisotopic (exact) mass is 306 g/mol. The fraction of sp³-hybridized carbons (Fsp3) is 0.875. The third-order valence-electron chi connectivity index (χ3n) is 5.14. The van der Waals surface area contributed by atoms with Gasteiger partial charge in [-0.15, -0.1) is 0 Å². The number of rotatable bonds is 6. The average Bonchev–Trinajstić information content (AvgIpc) is 3.08. The van der Waals surface area contributed by atoms with Gasteiger partial charge in [0, 0.05) is 45.8 Å². The molecule has 3 rings (SSSR count). The topological polar surface area (TPSA) is 40.4 Å². The smallest absolute Gasteiger partial charge is 0.137 e. The van der Waals surface area contributed by atoms with Crippen LogP contribution in [0, 0.1) is 5.92 Å². The van der Waals surface area contributed by atoms with Gasteiger partial charge in [0.05, 0.1) is 6.54 Å². The molecular formula is C16H30N6. The standard InChI is InChI=1S/C16H30N6/c1-2-19-5-3-4-16(12-19)13-21-8-6-20(7-9-21)10-11-22-15-17-14-18-22/h14-16H,2-13H2,1H3/t16-/m0/s1. The Hall–Kier alpha value is -0.980. The first-order valence-electron chi connectivity index (χ1n) is 8.83. The number of hydrogen-bond donors (Lipinski definition) is 0. The van der Waals surface area contributed by atoms with Crippen LogP contribution in [0.4, 0.5) is 0 Å². The zero-order chi connectivity index (χ0) is 15.2. The Bertz CT molecular complexity index is 412. The lowest BCUT2D eigenvalue weighted by Gasteiger charge is -2.39. The van der Waals surface area contributed by atoms with E-state index in [1.807, 2.05) is 4.68 Å². The number of piperidine rings is 1. The normalized spacial score (nSPS) is 25.6. The Morgan fingerprint density at radius 3 is 2.55 bits per heavy atom. The van der Waals surface area contributed by atoms with Gasteiger partial charge in [0.2, 0.25) is 0 Å². The first-order chi connectivity index (χ1) is 10.8. The SMILES string of the molecule is CCN1CCC[C@H](CN2CCN(CCn3cncn3)CC2)C1. The minimum absolute atomic E-state index is 0.885. The van der Waals surface area contributed by atoms with Crippen molar-refractivity contribution in [2.75, 3.05) is 58.9 Å². The second-order valence-corrected chi connectivity index (χ2v) is 6.70. The van der Waals surface area contributed by atoms with Gasteiger partial charge >= 0.3 is 0 Å². The van der Waals surface area contributed by atoms with Crippen LogP contribution in [0.5, 0.6) is 0 Å². The third kappa shape index (κ3) is 4.51. The second-order valence-electron chi connectivity index (χ2n) is 6.70. The summed E-state index contributed by atoms with van der Waals surface area (Å²) in [5, 5.41) is 4.17. The van der Waals surface area contributed by atoms with Gasteiger partial charge in [0.1, 0.15) is 12.7 Å². The van der Waals surface area contributed by atoms with Crippen molar-refractivity contribution in [3.63, 3.8) is 0 Å². The van der Waals surface area contributed by atoms with Gasteiger partial charge in [0.15, 0.2) is 0 Å². The molecular weight excluding hydrogens is 276 g/mol. The molecule has 2 fully saturated rings. The van der Waals surface area contributed by atoms with Gasteiger partial charge in [-0.3, -0.25) is 9.58 Å². The van der Waals surface area contributed by atoms with E-state index in [1.54, 1.807) is 12.7 Å². The molecule has 2 aliphatic rings. The maximum Gasteiger partial charge on any atom is 0.137 e. The van der Waals surface area contributed by atoms with Crippen LogP contribution in [0.3, 0.4) is 0 Å². The van der Waals surface area contributed by atoms with E-state index in [1.165, 1.54) is 65.2 Å². The van der Waals surface area contributed by atoms with Crippen LogP contribution < -0.4 is 0 Å². The van der Waals surface area contributed by atoms with Gasteiger partial charge in [0.25, 0.3) is 0 Å². The molecule has 6 nitrogen and oxygen atoms in total. The lowest BCUT2D eigenvalue weighted by Crippen LogP contribution is -2.50. The van der Waals surface area contributed by atoms with E-state index < -0.39 is 0 Å². The fourth-order valence-corrected chi connectivity index (χ4v) is 3.74. The highest BCUT2D eigenvalue weighted by atomic mass is 15.3. The Morgan fingerprint density at radius 1 is 1.00 bits per heavy atom. The Balaban J connectivity index is 1.34. The molecule has 0 radical (unpaired) electrons. The van der Waals surface area contributed by atoms with Crippen LogP contribution in [-0.4, -0.2) is 88.4 Å². The Morgan fingerprint density at radius 2 is 1.82 bits per heavy atom. The van der Waals surface area contributed by atoms with Crippen LogP contribution in [-0.2, 0) is 6.54 Å². The van der Waals surface area contributed by atoms with Gasteiger partial charge in [-0.2, -0.15) is 5.10 Å². The van der Waals surface area contributed by atoms with Crippen LogP contribution in [0.1, 0.15) is 19.8 Å². The predicted molar refractivity (Wildman–Crippen MR) is 87.7 cm³/mol. The van der Waals surface area contributed by atoms with Crippen molar-refractivity contribution in [3.05, 3.63) is 12.7 Å². The summed E-state index contributed by atoms with van der Waals surface area (Å²) >= 11 is 0. The van der Waals surface area contributed by atoms with Crippen molar-refractivity contribution in [1.29, 1.82) is 0 Å². The van der Waals surface area contributed by atoms with Crippen molar-refractivity contribution >= 4 is 0 Å². The lowest BCUT2D eigenvalue weighted by molar-refractivity contribution is 0.0893. The summed E-state index contributed by atoms with van der Waals surface area (Å²) in [6.45, 7) is 14.3. The van der Waals surface area contributed by atoms with Crippen molar-refractivity contribution in [1.82, 2.24) is 29.5 Å². The summed E-state index contributed by atoms with van der Waals surface area (Å²) in [5.74, 6) is 0.885. The molecule has 22 heavy (non-hydrogen) atoms. The number of hydrogen-bond acceptors (Lipinski definition) is 5. The van der Waals surface area contributed by atoms with Gasteiger partial charge in [-0.05, 0) is 31.8 Å². The van der Waals surface area contributed by atoms with Crippen LogP contribution in [0.25, 0.3) is 0 Å². The average molecular weight is 306 g/mol. The van der Waals surface area contributed by atoms with Gasteiger partial charge < -0.3 is 9.80 Å². The molecule has 1 aromatic rings. The first-order valence-corrected chi connectivity index (χ1v) is 8.83. The van der Waals surface area contributed by atoms with Crippen LogP contribution in [0.2, 0.25) is 0 Å². The van der Waals surface area contributed by atoms with E-state index in [9.17, 15) is 0 Å². The molecule has 0 bridgehead atoms.